The van der Waals surface area contributed by atoms with Crippen LogP contribution >= 0.6 is 0 Å². The van der Waals surface area contributed by atoms with Crippen molar-refractivity contribution in [3.05, 3.63) is 0 Å². The molecule has 0 aliphatic rings. The highest BCUT2D eigenvalue weighted by molar-refractivity contribution is 5.04. The van der Waals surface area contributed by atoms with Crippen LogP contribution in [0.1, 0.15) is 20.3 Å². The van der Waals surface area contributed by atoms with Gasteiger partial charge in [-0.25, -0.2) is 0 Å². The monoisotopic (exact) mass is 292 g/mol. The Morgan fingerprint density at radius 2 is 1.58 bits per heavy atom. The number of hydrogen-bond donors (Lipinski definition) is 1. The Bertz CT molecular complexity index is 320. The molecular formula is C10H14F6N2O. The van der Waals surface area contributed by atoms with Gasteiger partial charge in [0.25, 0.3) is 0 Å². The van der Waals surface area contributed by atoms with E-state index in [1.165, 1.54) is 14.0 Å². The summed E-state index contributed by atoms with van der Waals surface area (Å²) in [5.41, 5.74) is -1.26. The van der Waals surface area contributed by atoms with Crippen LogP contribution in [0.5, 0.6) is 0 Å². The first kappa shape index (κ1) is 18.0. The molecular weight excluding hydrogens is 278 g/mol. The number of nitriles is 1. The summed E-state index contributed by atoms with van der Waals surface area (Å²) in [6.45, 7) is 2.40. The standard InChI is InChI=1S/C10H14F6N2O/c1-6(4-8(2,5-17)18-3)19-7(9(11,12)13)10(14,15)16/h6-7,18H,4H2,1-3H3. The SMILES string of the molecule is CNC(C)(C#N)CC(C)OC(C(F)(F)F)C(F)(F)F. The van der Waals surface area contributed by atoms with Crippen molar-refractivity contribution in [2.24, 2.45) is 0 Å². The molecule has 0 heterocycles. The largest absolute Gasteiger partial charge is 0.423 e. The molecule has 0 spiro atoms. The van der Waals surface area contributed by atoms with Gasteiger partial charge in [0.15, 0.2) is 0 Å². The molecule has 0 rings (SSSR count). The molecule has 0 bridgehead atoms. The van der Waals surface area contributed by atoms with Gasteiger partial charge in [-0.2, -0.15) is 31.6 Å². The highest BCUT2D eigenvalue weighted by Gasteiger charge is 2.58. The minimum absolute atomic E-state index is 0.317. The number of nitrogens with one attached hydrogen (secondary N) is 1. The molecule has 3 nitrogen and oxygen atoms in total. The van der Waals surface area contributed by atoms with Gasteiger partial charge in [-0.15, -0.1) is 0 Å². The lowest BCUT2D eigenvalue weighted by molar-refractivity contribution is -0.330. The molecule has 2 unspecified atom stereocenters. The molecule has 0 aromatic heterocycles. The Labute approximate surface area is 106 Å². The maximum atomic E-state index is 12.2. The zero-order valence-corrected chi connectivity index (χ0v) is 10.5. The molecule has 9 heteroatoms. The summed E-state index contributed by atoms with van der Waals surface area (Å²) in [5.74, 6) is 0. The van der Waals surface area contributed by atoms with Crippen LogP contribution < -0.4 is 5.32 Å². The van der Waals surface area contributed by atoms with Gasteiger partial charge >= 0.3 is 12.4 Å². The number of halogens is 6. The van der Waals surface area contributed by atoms with Crippen LogP contribution in [0.4, 0.5) is 26.3 Å². The third-order valence-corrected chi connectivity index (χ3v) is 2.46. The zero-order chi connectivity index (χ0) is 15.5. The van der Waals surface area contributed by atoms with E-state index in [9.17, 15) is 26.3 Å². The van der Waals surface area contributed by atoms with E-state index in [0.29, 0.717) is 0 Å². The van der Waals surface area contributed by atoms with E-state index in [2.05, 4.69) is 10.1 Å². The average molecular weight is 292 g/mol. The van der Waals surface area contributed by atoms with Gasteiger partial charge in [-0.05, 0) is 20.9 Å². The first-order valence-electron chi connectivity index (χ1n) is 5.25. The van der Waals surface area contributed by atoms with Crippen molar-refractivity contribution in [1.29, 1.82) is 5.26 Å². The van der Waals surface area contributed by atoms with E-state index in [1.54, 1.807) is 6.07 Å². The summed E-state index contributed by atoms with van der Waals surface area (Å²) in [6.07, 6.45) is -16.7. The molecule has 19 heavy (non-hydrogen) atoms. The van der Waals surface area contributed by atoms with Crippen LogP contribution in [-0.2, 0) is 4.74 Å². The van der Waals surface area contributed by atoms with Gasteiger partial charge in [0.2, 0.25) is 6.10 Å². The zero-order valence-electron chi connectivity index (χ0n) is 10.5. The minimum Gasteiger partial charge on any atom is -0.358 e. The minimum atomic E-state index is -5.55. The Kier molecular flexibility index (Phi) is 5.65. The number of ether oxygens (including phenoxy) is 1. The van der Waals surface area contributed by atoms with Crippen LogP contribution in [0.3, 0.4) is 0 Å². The molecule has 112 valence electrons. The van der Waals surface area contributed by atoms with Crippen molar-refractivity contribution in [3.63, 3.8) is 0 Å². The Morgan fingerprint density at radius 1 is 1.16 bits per heavy atom. The summed E-state index contributed by atoms with van der Waals surface area (Å²) in [5, 5.41) is 11.3. The Hall–Kier alpha value is -1.01. The molecule has 0 radical (unpaired) electrons. The van der Waals surface area contributed by atoms with Gasteiger partial charge < -0.3 is 10.1 Å². The smallest absolute Gasteiger partial charge is 0.358 e. The summed E-state index contributed by atoms with van der Waals surface area (Å²) < 4.78 is 77.5. The van der Waals surface area contributed by atoms with Crippen molar-refractivity contribution < 1.29 is 31.1 Å². The summed E-state index contributed by atoms with van der Waals surface area (Å²) >= 11 is 0. The molecule has 0 fully saturated rings. The summed E-state index contributed by atoms with van der Waals surface area (Å²) in [4.78, 5) is 0. The van der Waals surface area contributed by atoms with Gasteiger partial charge in [0, 0.05) is 6.42 Å². The molecule has 0 aliphatic carbocycles. The molecule has 0 saturated heterocycles. The van der Waals surface area contributed by atoms with E-state index < -0.39 is 30.1 Å². The van der Waals surface area contributed by atoms with Crippen LogP contribution in [0.25, 0.3) is 0 Å². The molecule has 0 aliphatic heterocycles. The number of rotatable bonds is 5. The summed E-state index contributed by atoms with van der Waals surface area (Å²) in [6, 6.07) is 1.76. The fraction of sp³-hybridized carbons (Fsp3) is 0.900. The maximum Gasteiger partial charge on any atom is 0.423 e. The highest BCUT2D eigenvalue weighted by atomic mass is 19.4. The van der Waals surface area contributed by atoms with E-state index >= 15 is 0 Å². The Morgan fingerprint density at radius 3 is 1.84 bits per heavy atom. The van der Waals surface area contributed by atoms with Crippen molar-refractivity contribution in [3.8, 4) is 6.07 Å². The van der Waals surface area contributed by atoms with E-state index in [1.807, 2.05) is 0 Å². The molecule has 0 aromatic rings. The fourth-order valence-electron chi connectivity index (χ4n) is 1.40. The normalized spacial score (nSPS) is 17.9. The van der Waals surface area contributed by atoms with Crippen LogP contribution in [0.2, 0.25) is 0 Å². The first-order chi connectivity index (χ1) is 8.35. The van der Waals surface area contributed by atoms with Crippen molar-refractivity contribution in [2.75, 3.05) is 7.05 Å². The van der Waals surface area contributed by atoms with Gasteiger partial charge in [0.1, 0.15) is 5.54 Å². The second kappa shape index (κ2) is 5.96. The summed E-state index contributed by atoms with van der Waals surface area (Å²) in [7, 11) is 1.38. The first-order valence-corrected chi connectivity index (χ1v) is 5.25. The second-order valence-electron chi connectivity index (χ2n) is 4.31. The average Bonchev–Trinajstić information content (AvgIpc) is 2.22. The van der Waals surface area contributed by atoms with Gasteiger partial charge in [-0.3, -0.25) is 0 Å². The quantitative estimate of drug-likeness (QED) is 0.792. The topological polar surface area (TPSA) is 45.0 Å². The fourth-order valence-corrected chi connectivity index (χ4v) is 1.40. The van der Waals surface area contributed by atoms with E-state index in [4.69, 9.17) is 5.26 Å². The molecule has 0 saturated carbocycles. The molecule has 2 atom stereocenters. The third-order valence-electron chi connectivity index (χ3n) is 2.46. The lowest BCUT2D eigenvalue weighted by Gasteiger charge is -2.30. The van der Waals surface area contributed by atoms with Gasteiger partial charge in [0.05, 0.1) is 12.2 Å². The number of hydrogen-bond acceptors (Lipinski definition) is 3. The van der Waals surface area contributed by atoms with E-state index in [-0.39, 0.29) is 6.42 Å². The highest BCUT2D eigenvalue weighted by Crippen LogP contribution is 2.37. The van der Waals surface area contributed by atoms with Crippen molar-refractivity contribution in [2.45, 2.75) is 50.4 Å². The lowest BCUT2D eigenvalue weighted by Crippen LogP contribution is -2.48. The number of nitrogens with zero attached hydrogens (tertiary/aromatic N) is 1. The molecule has 0 aromatic carbocycles. The maximum absolute atomic E-state index is 12.2. The van der Waals surface area contributed by atoms with Crippen molar-refractivity contribution in [1.82, 2.24) is 5.32 Å². The van der Waals surface area contributed by atoms with Crippen molar-refractivity contribution >= 4 is 0 Å². The predicted molar refractivity (Wildman–Crippen MR) is 54.1 cm³/mol. The third kappa shape index (κ3) is 5.65. The van der Waals surface area contributed by atoms with Crippen LogP contribution in [0.15, 0.2) is 0 Å². The van der Waals surface area contributed by atoms with Crippen LogP contribution in [-0.4, -0.2) is 37.1 Å². The van der Waals surface area contributed by atoms with Crippen LogP contribution in [0, 0.1) is 11.3 Å². The lowest BCUT2D eigenvalue weighted by atomic mass is 9.97. The molecule has 1 N–H and O–H groups in total. The molecule has 0 amide bonds. The second-order valence-corrected chi connectivity index (χ2v) is 4.31. The Balaban J connectivity index is 4.86. The van der Waals surface area contributed by atoms with Gasteiger partial charge in [-0.1, -0.05) is 0 Å². The number of alkyl halides is 6. The predicted octanol–water partition coefficient (Wildman–Crippen LogP) is 2.78. The van der Waals surface area contributed by atoms with E-state index in [0.717, 1.165) is 6.92 Å².